The monoisotopic (exact) mass is 404 g/mol. The molecule has 1 aromatic carbocycles. The molecule has 0 amide bonds. The van der Waals surface area contributed by atoms with Gasteiger partial charge >= 0.3 is 0 Å². The zero-order chi connectivity index (χ0) is 20.1. The molecule has 0 bridgehead atoms. The fraction of sp³-hybridized carbons (Fsp3) is 0.550. The molecule has 2 atom stereocenters. The molecule has 28 heavy (non-hydrogen) atoms. The number of rotatable bonds is 3. The zero-order valence-corrected chi connectivity index (χ0v) is 17.7. The predicted octanol–water partition coefficient (Wildman–Crippen LogP) is 1.80. The summed E-state index contributed by atoms with van der Waals surface area (Å²) in [5.41, 5.74) is 3.54. The first kappa shape index (κ1) is 19.6. The fourth-order valence-corrected chi connectivity index (χ4v) is 5.97. The van der Waals surface area contributed by atoms with Gasteiger partial charge in [0.15, 0.2) is 0 Å². The number of aromatic nitrogens is 2. The Morgan fingerprint density at radius 2 is 1.89 bits per heavy atom. The molecule has 2 aromatic rings. The van der Waals surface area contributed by atoms with Gasteiger partial charge in [-0.05, 0) is 50.1 Å². The molecule has 0 radical (unpaired) electrons. The number of morpholine rings is 1. The normalized spacial score (nSPS) is 24.3. The Balaban J connectivity index is 1.74. The molecule has 7 nitrogen and oxygen atoms in total. The SMILES string of the molecule is Cc1cc(-c2ccnn2C)c(S(=O)(=O)N2CCN3[C@@H](COC[C@@H]3C)C2)cc1C. The summed E-state index contributed by atoms with van der Waals surface area (Å²) in [6.07, 6.45) is 1.69. The highest BCUT2D eigenvalue weighted by molar-refractivity contribution is 7.89. The van der Waals surface area contributed by atoms with Gasteiger partial charge in [0.1, 0.15) is 0 Å². The average molecular weight is 405 g/mol. The van der Waals surface area contributed by atoms with Crippen molar-refractivity contribution < 1.29 is 13.2 Å². The van der Waals surface area contributed by atoms with Crippen molar-refractivity contribution in [1.29, 1.82) is 0 Å². The Labute approximate surface area is 166 Å². The maximum Gasteiger partial charge on any atom is 0.243 e. The van der Waals surface area contributed by atoms with Gasteiger partial charge in [0.2, 0.25) is 10.0 Å². The number of nitrogens with zero attached hydrogens (tertiary/aromatic N) is 4. The standard InChI is InChI=1S/C20H28N4O3S/c1-14-9-18(19-5-6-21-22(19)4)20(10-15(14)2)28(25,26)23-7-8-24-16(3)12-27-13-17(24)11-23/h5-6,9-10,16-17H,7-8,11-13H2,1-4H3/t16-,17+/m0/s1. The van der Waals surface area contributed by atoms with E-state index in [0.717, 1.165) is 23.4 Å². The molecule has 2 saturated heterocycles. The number of benzene rings is 1. The van der Waals surface area contributed by atoms with Gasteiger partial charge in [0.05, 0.1) is 23.8 Å². The van der Waals surface area contributed by atoms with Crippen LogP contribution in [-0.2, 0) is 21.8 Å². The maximum absolute atomic E-state index is 13.7. The highest BCUT2D eigenvalue weighted by Crippen LogP contribution is 2.33. The van der Waals surface area contributed by atoms with Crippen molar-refractivity contribution in [3.8, 4) is 11.3 Å². The van der Waals surface area contributed by atoms with Crippen LogP contribution in [0.4, 0.5) is 0 Å². The van der Waals surface area contributed by atoms with Crippen LogP contribution in [0.3, 0.4) is 0 Å². The maximum atomic E-state index is 13.7. The first-order chi connectivity index (χ1) is 13.3. The lowest BCUT2D eigenvalue weighted by Crippen LogP contribution is -2.61. The van der Waals surface area contributed by atoms with Crippen LogP contribution in [0.5, 0.6) is 0 Å². The Hall–Kier alpha value is -1.74. The Bertz CT molecular complexity index is 985. The molecule has 0 aliphatic carbocycles. The van der Waals surface area contributed by atoms with Gasteiger partial charge in [0.25, 0.3) is 0 Å². The summed E-state index contributed by atoms with van der Waals surface area (Å²) >= 11 is 0. The predicted molar refractivity (Wildman–Crippen MR) is 108 cm³/mol. The minimum absolute atomic E-state index is 0.110. The van der Waals surface area contributed by atoms with Gasteiger partial charge < -0.3 is 4.74 Å². The first-order valence-corrected chi connectivity index (χ1v) is 11.2. The number of hydrogen-bond donors (Lipinski definition) is 0. The van der Waals surface area contributed by atoms with Gasteiger partial charge in [0, 0.05) is 50.5 Å². The summed E-state index contributed by atoms with van der Waals surface area (Å²) in [4.78, 5) is 2.73. The van der Waals surface area contributed by atoms with Gasteiger partial charge in [-0.3, -0.25) is 9.58 Å². The lowest BCUT2D eigenvalue weighted by molar-refractivity contribution is -0.0634. The molecule has 0 unspecified atom stereocenters. The molecule has 2 aliphatic heterocycles. The van der Waals surface area contributed by atoms with Gasteiger partial charge in [-0.2, -0.15) is 9.40 Å². The topological polar surface area (TPSA) is 67.7 Å². The summed E-state index contributed by atoms with van der Waals surface area (Å²) in [5, 5.41) is 4.23. The molecule has 1 aromatic heterocycles. The minimum Gasteiger partial charge on any atom is -0.378 e. The van der Waals surface area contributed by atoms with Crippen LogP contribution in [0.2, 0.25) is 0 Å². The van der Waals surface area contributed by atoms with Crippen molar-refractivity contribution in [3.63, 3.8) is 0 Å². The highest BCUT2D eigenvalue weighted by atomic mass is 32.2. The summed E-state index contributed by atoms with van der Waals surface area (Å²) in [6, 6.07) is 6.06. The fourth-order valence-electron chi connectivity index (χ4n) is 4.24. The molecular weight excluding hydrogens is 376 g/mol. The number of piperazine rings is 1. The van der Waals surface area contributed by atoms with E-state index in [1.807, 2.05) is 33.0 Å². The second-order valence-corrected chi connectivity index (χ2v) is 9.82. The second kappa shape index (κ2) is 7.26. The summed E-state index contributed by atoms with van der Waals surface area (Å²) in [5.74, 6) is 0. The Morgan fingerprint density at radius 3 is 2.61 bits per heavy atom. The van der Waals surface area contributed by atoms with Crippen LogP contribution in [0.25, 0.3) is 11.3 Å². The third-order valence-corrected chi connectivity index (χ3v) is 7.94. The molecule has 152 valence electrons. The molecule has 8 heteroatoms. The van der Waals surface area contributed by atoms with Crippen molar-refractivity contribution in [2.45, 2.75) is 37.8 Å². The van der Waals surface area contributed by atoms with E-state index in [1.54, 1.807) is 21.3 Å². The molecule has 0 saturated carbocycles. The third-order valence-electron chi connectivity index (χ3n) is 6.04. The van der Waals surface area contributed by atoms with E-state index in [9.17, 15) is 8.42 Å². The molecule has 2 fully saturated rings. The lowest BCUT2D eigenvalue weighted by atomic mass is 10.0. The Morgan fingerprint density at radius 1 is 1.14 bits per heavy atom. The second-order valence-electron chi connectivity index (χ2n) is 7.91. The quantitative estimate of drug-likeness (QED) is 0.780. The number of sulfonamides is 1. The summed E-state index contributed by atoms with van der Waals surface area (Å²) in [7, 11) is -1.80. The van der Waals surface area contributed by atoms with Crippen molar-refractivity contribution in [3.05, 3.63) is 35.5 Å². The smallest absolute Gasteiger partial charge is 0.243 e. The minimum atomic E-state index is -3.63. The number of ether oxygens (including phenoxy) is 1. The van der Waals surface area contributed by atoms with Gasteiger partial charge in [-0.25, -0.2) is 8.42 Å². The van der Waals surface area contributed by atoms with Crippen LogP contribution in [0.1, 0.15) is 18.1 Å². The highest BCUT2D eigenvalue weighted by Gasteiger charge is 2.39. The lowest BCUT2D eigenvalue weighted by Gasteiger charge is -2.46. The molecule has 3 heterocycles. The molecule has 0 spiro atoms. The number of hydrogen-bond acceptors (Lipinski definition) is 5. The van der Waals surface area contributed by atoms with Crippen LogP contribution in [0.15, 0.2) is 29.3 Å². The van der Waals surface area contributed by atoms with Crippen molar-refractivity contribution >= 4 is 10.0 Å². The molecule has 0 N–H and O–H groups in total. The van der Waals surface area contributed by atoms with E-state index in [2.05, 4.69) is 16.9 Å². The van der Waals surface area contributed by atoms with Gasteiger partial charge in [-0.1, -0.05) is 0 Å². The van der Waals surface area contributed by atoms with Crippen LogP contribution in [-0.4, -0.2) is 72.3 Å². The molecule has 2 aliphatic rings. The Kier molecular flexibility index (Phi) is 5.07. The van der Waals surface area contributed by atoms with E-state index in [1.165, 1.54) is 0 Å². The van der Waals surface area contributed by atoms with E-state index >= 15 is 0 Å². The summed E-state index contributed by atoms with van der Waals surface area (Å²) in [6.45, 7) is 9.09. The molecule has 4 rings (SSSR count). The average Bonchev–Trinajstić information content (AvgIpc) is 3.09. The third kappa shape index (κ3) is 3.28. The van der Waals surface area contributed by atoms with E-state index in [0.29, 0.717) is 42.8 Å². The van der Waals surface area contributed by atoms with Gasteiger partial charge in [-0.15, -0.1) is 0 Å². The number of aryl methyl sites for hydroxylation is 3. The largest absolute Gasteiger partial charge is 0.378 e. The van der Waals surface area contributed by atoms with E-state index < -0.39 is 10.0 Å². The van der Waals surface area contributed by atoms with E-state index in [-0.39, 0.29) is 6.04 Å². The van der Waals surface area contributed by atoms with E-state index in [4.69, 9.17) is 4.74 Å². The van der Waals surface area contributed by atoms with Crippen molar-refractivity contribution in [1.82, 2.24) is 19.0 Å². The first-order valence-electron chi connectivity index (χ1n) is 9.72. The molecular formula is C20H28N4O3S. The zero-order valence-electron chi connectivity index (χ0n) is 16.9. The van der Waals surface area contributed by atoms with Crippen molar-refractivity contribution in [2.24, 2.45) is 7.05 Å². The summed E-state index contributed by atoms with van der Waals surface area (Å²) < 4.78 is 36.4. The van der Waals surface area contributed by atoms with Crippen LogP contribution >= 0.6 is 0 Å². The number of fused-ring (bicyclic) bond motifs is 1. The van der Waals surface area contributed by atoms with Crippen LogP contribution < -0.4 is 0 Å². The van der Waals surface area contributed by atoms with Crippen LogP contribution in [0, 0.1) is 13.8 Å². The van der Waals surface area contributed by atoms with Crippen molar-refractivity contribution in [2.75, 3.05) is 32.8 Å².